The molecule has 2 rings (SSSR count). The molecule has 4 heteroatoms. The van der Waals surface area contributed by atoms with Crippen LogP contribution in [-0.2, 0) is 6.54 Å². The summed E-state index contributed by atoms with van der Waals surface area (Å²) >= 11 is 0. The molecule has 1 aliphatic rings. The zero-order chi connectivity index (χ0) is 12.5. The monoisotopic (exact) mass is 269 g/mol. The van der Waals surface area contributed by atoms with Crippen LogP contribution >= 0.6 is 12.4 Å². The number of nitrogens with zero attached hydrogens (tertiary/aromatic N) is 2. The number of hydrogen-bond acceptors (Lipinski definition) is 3. The zero-order valence-electron chi connectivity index (χ0n) is 11.5. The molecule has 0 aromatic carbocycles. The van der Waals surface area contributed by atoms with Crippen LogP contribution in [0.1, 0.15) is 31.4 Å². The lowest BCUT2D eigenvalue weighted by Gasteiger charge is -2.42. The fourth-order valence-corrected chi connectivity index (χ4v) is 2.52. The van der Waals surface area contributed by atoms with Crippen LogP contribution in [0.5, 0.6) is 0 Å². The number of hydrogen-bond donors (Lipinski definition) is 1. The third kappa shape index (κ3) is 3.44. The van der Waals surface area contributed by atoms with E-state index in [0.717, 1.165) is 26.1 Å². The van der Waals surface area contributed by atoms with Gasteiger partial charge in [-0.1, -0.05) is 13.8 Å². The SMILES string of the molecule is Cc1ccncc1CN1CCC(N)C(C)(C)C1.Cl. The van der Waals surface area contributed by atoms with Gasteiger partial charge in [0.1, 0.15) is 0 Å². The second-order valence-electron chi connectivity index (χ2n) is 5.90. The fraction of sp³-hybridized carbons (Fsp3) is 0.643. The smallest absolute Gasteiger partial charge is 0.0315 e. The van der Waals surface area contributed by atoms with E-state index >= 15 is 0 Å². The summed E-state index contributed by atoms with van der Waals surface area (Å²) in [6.45, 7) is 9.84. The van der Waals surface area contributed by atoms with Gasteiger partial charge < -0.3 is 5.73 Å². The van der Waals surface area contributed by atoms with Crippen LogP contribution in [0.3, 0.4) is 0 Å². The summed E-state index contributed by atoms with van der Waals surface area (Å²) in [5, 5.41) is 0. The Hall–Kier alpha value is -0.640. The standard InChI is InChI=1S/C14H23N3.ClH/c1-11-4-6-16-8-12(11)9-17-7-5-13(15)14(2,3)10-17;/h4,6,8,13H,5,7,9-10,15H2,1-3H3;1H. The van der Waals surface area contributed by atoms with Gasteiger partial charge in [0.2, 0.25) is 0 Å². The molecule has 1 aromatic heterocycles. The minimum Gasteiger partial charge on any atom is -0.327 e. The van der Waals surface area contributed by atoms with Gasteiger partial charge in [0.15, 0.2) is 0 Å². The topological polar surface area (TPSA) is 42.2 Å². The number of halogens is 1. The highest BCUT2D eigenvalue weighted by Crippen LogP contribution is 2.28. The molecule has 1 atom stereocenters. The van der Waals surface area contributed by atoms with E-state index in [-0.39, 0.29) is 17.8 Å². The van der Waals surface area contributed by atoms with Crippen molar-refractivity contribution >= 4 is 12.4 Å². The van der Waals surface area contributed by atoms with Crippen LogP contribution in [0.15, 0.2) is 18.5 Å². The van der Waals surface area contributed by atoms with Crippen molar-refractivity contribution in [3.05, 3.63) is 29.6 Å². The highest BCUT2D eigenvalue weighted by atomic mass is 35.5. The first-order valence-corrected chi connectivity index (χ1v) is 6.36. The molecule has 0 saturated carbocycles. The lowest BCUT2D eigenvalue weighted by Crippen LogP contribution is -2.52. The maximum absolute atomic E-state index is 6.16. The molecular weight excluding hydrogens is 246 g/mol. The van der Waals surface area contributed by atoms with E-state index in [2.05, 4.69) is 36.7 Å². The number of aryl methyl sites for hydroxylation is 1. The van der Waals surface area contributed by atoms with Crippen LogP contribution in [0.25, 0.3) is 0 Å². The van der Waals surface area contributed by atoms with Gasteiger partial charge in [0, 0.05) is 38.1 Å². The molecule has 2 heterocycles. The highest BCUT2D eigenvalue weighted by Gasteiger charge is 2.33. The molecule has 1 aliphatic heterocycles. The predicted molar refractivity (Wildman–Crippen MR) is 77.9 cm³/mol. The van der Waals surface area contributed by atoms with Crippen molar-refractivity contribution in [2.24, 2.45) is 11.1 Å². The molecule has 0 radical (unpaired) electrons. The summed E-state index contributed by atoms with van der Waals surface area (Å²) < 4.78 is 0. The van der Waals surface area contributed by atoms with Crippen LogP contribution in [-0.4, -0.2) is 29.0 Å². The Morgan fingerprint density at radius 1 is 1.50 bits per heavy atom. The van der Waals surface area contributed by atoms with Crippen molar-refractivity contribution < 1.29 is 0 Å². The van der Waals surface area contributed by atoms with E-state index in [0.29, 0.717) is 6.04 Å². The van der Waals surface area contributed by atoms with Crippen LogP contribution < -0.4 is 5.73 Å². The molecule has 0 spiro atoms. The van der Waals surface area contributed by atoms with Gasteiger partial charge in [-0.2, -0.15) is 0 Å². The Morgan fingerprint density at radius 3 is 2.83 bits per heavy atom. The maximum atomic E-state index is 6.16. The third-order valence-corrected chi connectivity index (χ3v) is 3.93. The molecule has 0 bridgehead atoms. The van der Waals surface area contributed by atoms with E-state index in [1.165, 1.54) is 11.1 Å². The lowest BCUT2D eigenvalue weighted by atomic mass is 9.79. The molecule has 1 fully saturated rings. The number of aromatic nitrogens is 1. The fourth-order valence-electron chi connectivity index (χ4n) is 2.52. The van der Waals surface area contributed by atoms with E-state index in [1.807, 2.05) is 12.4 Å². The second-order valence-corrected chi connectivity index (χ2v) is 5.90. The van der Waals surface area contributed by atoms with Gasteiger partial charge in [-0.05, 0) is 36.0 Å². The van der Waals surface area contributed by atoms with E-state index in [9.17, 15) is 0 Å². The second kappa shape index (κ2) is 6.00. The lowest BCUT2D eigenvalue weighted by molar-refractivity contribution is 0.0896. The van der Waals surface area contributed by atoms with Crippen LogP contribution in [0.4, 0.5) is 0 Å². The first-order chi connectivity index (χ1) is 7.99. The quantitative estimate of drug-likeness (QED) is 0.896. The number of nitrogens with two attached hydrogens (primary N) is 1. The normalized spacial score (nSPS) is 23.4. The molecule has 2 N–H and O–H groups in total. The van der Waals surface area contributed by atoms with E-state index in [4.69, 9.17) is 5.73 Å². The Labute approximate surface area is 116 Å². The minimum absolute atomic E-state index is 0. The van der Waals surface area contributed by atoms with Crippen molar-refractivity contribution in [3.8, 4) is 0 Å². The predicted octanol–water partition coefficient (Wildman–Crippen LogP) is 2.37. The van der Waals surface area contributed by atoms with Gasteiger partial charge >= 0.3 is 0 Å². The number of piperidine rings is 1. The molecule has 102 valence electrons. The van der Waals surface area contributed by atoms with Crippen molar-refractivity contribution in [2.75, 3.05) is 13.1 Å². The van der Waals surface area contributed by atoms with Gasteiger partial charge in [0.25, 0.3) is 0 Å². The largest absolute Gasteiger partial charge is 0.327 e. The molecule has 0 amide bonds. The van der Waals surface area contributed by atoms with Crippen LogP contribution in [0, 0.1) is 12.3 Å². The van der Waals surface area contributed by atoms with E-state index in [1.54, 1.807) is 0 Å². The average molecular weight is 270 g/mol. The molecule has 1 unspecified atom stereocenters. The summed E-state index contributed by atoms with van der Waals surface area (Å²) in [6.07, 6.45) is 4.93. The third-order valence-electron chi connectivity index (χ3n) is 3.93. The number of pyridine rings is 1. The summed E-state index contributed by atoms with van der Waals surface area (Å²) in [4.78, 5) is 6.70. The summed E-state index contributed by atoms with van der Waals surface area (Å²) in [5.74, 6) is 0. The number of rotatable bonds is 2. The van der Waals surface area contributed by atoms with Gasteiger partial charge in [-0.15, -0.1) is 12.4 Å². The molecule has 1 aromatic rings. The molecule has 0 aliphatic carbocycles. The first-order valence-electron chi connectivity index (χ1n) is 6.36. The van der Waals surface area contributed by atoms with Gasteiger partial charge in [-0.3, -0.25) is 9.88 Å². The van der Waals surface area contributed by atoms with Crippen LogP contribution in [0.2, 0.25) is 0 Å². The first kappa shape index (κ1) is 15.4. The Kier molecular flexibility index (Phi) is 5.14. The Bertz CT molecular complexity index is 392. The summed E-state index contributed by atoms with van der Waals surface area (Å²) in [5.41, 5.74) is 9.03. The van der Waals surface area contributed by atoms with E-state index < -0.39 is 0 Å². The Morgan fingerprint density at radius 2 is 2.22 bits per heavy atom. The zero-order valence-corrected chi connectivity index (χ0v) is 12.3. The van der Waals surface area contributed by atoms with Crippen molar-refractivity contribution in [1.82, 2.24) is 9.88 Å². The number of likely N-dealkylation sites (tertiary alicyclic amines) is 1. The molecule has 1 saturated heterocycles. The Balaban J connectivity index is 0.00000162. The summed E-state index contributed by atoms with van der Waals surface area (Å²) in [7, 11) is 0. The van der Waals surface area contributed by atoms with Crippen molar-refractivity contribution in [3.63, 3.8) is 0 Å². The summed E-state index contributed by atoms with van der Waals surface area (Å²) in [6, 6.07) is 2.41. The molecular formula is C14H24ClN3. The minimum atomic E-state index is 0. The van der Waals surface area contributed by atoms with Gasteiger partial charge in [-0.25, -0.2) is 0 Å². The maximum Gasteiger partial charge on any atom is 0.0315 e. The van der Waals surface area contributed by atoms with Gasteiger partial charge in [0.05, 0.1) is 0 Å². The molecule has 18 heavy (non-hydrogen) atoms. The van der Waals surface area contributed by atoms with Crippen molar-refractivity contribution in [1.29, 1.82) is 0 Å². The average Bonchev–Trinajstić information content (AvgIpc) is 2.26. The molecule has 3 nitrogen and oxygen atoms in total. The highest BCUT2D eigenvalue weighted by molar-refractivity contribution is 5.85. The van der Waals surface area contributed by atoms with Crippen molar-refractivity contribution in [2.45, 2.75) is 39.8 Å².